The van der Waals surface area contributed by atoms with E-state index in [4.69, 9.17) is 9.47 Å². The molecule has 0 bridgehead atoms. The molecule has 0 aliphatic carbocycles. The van der Waals surface area contributed by atoms with Crippen molar-refractivity contribution in [3.63, 3.8) is 0 Å². The Morgan fingerprint density at radius 1 is 0.923 bits per heavy atom. The molecule has 2 rings (SSSR count). The maximum absolute atomic E-state index is 12.2. The van der Waals surface area contributed by atoms with Gasteiger partial charge in [0.2, 0.25) is 5.91 Å². The summed E-state index contributed by atoms with van der Waals surface area (Å²) in [6.07, 6.45) is 3.19. The molecular formula is C20H22N2O4. The molecule has 0 heterocycles. The fraction of sp³-hybridized carbons (Fsp3) is 0.200. The van der Waals surface area contributed by atoms with Crippen LogP contribution in [0.1, 0.15) is 15.9 Å². The third-order valence-corrected chi connectivity index (χ3v) is 3.55. The maximum atomic E-state index is 12.2. The Hall–Kier alpha value is -3.28. The van der Waals surface area contributed by atoms with E-state index in [-0.39, 0.29) is 11.8 Å². The number of carbonyl (C=O) groups excluding carboxylic acids is 2. The molecule has 0 aliphatic rings. The summed E-state index contributed by atoms with van der Waals surface area (Å²) in [7, 11) is 3.05. The van der Waals surface area contributed by atoms with Crippen molar-refractivity contribution in [3.8, 4) is 11.5 Å². The third kappa shape index (κ3) is 5.98. The number of carbonyl (C=O) groups is 2. The minimum absolute atomic E-state index is 0.217. The van der Waals surface area contributed by atoms with Gasteiger partial charge in [-0.2, -0.15) is 0 Å². The van der Waals surface area contributed by atoms with E-state index in [0.717, 1.165) is 5.56 Å². The van der Waals surface area contributed by atoms with E-state index in [1.807, 2.05) is 30.3 Å². The lowest BCUT2D eigenvalue weighted by atomic mass is 10.2. The Bertz CT molecular complexity index is 750. The van der Waals surface area contributed by atoms with Gasteiger partial charge in [-0.3, -0.25) is 9.59 Å². The van der Waals surface area contributed by atoms with Crippen LogP contribution in [0.15, 0.2) is 54.6 Å². The van der Waals surface area contributed by atoms with E-state index in [1.165, 1.54) is 20.3 Å². The predicted molar refractivity (Wildman–Crippen MR) is 100 cm³/mol. The van der Waals surface area contributed by atoms with Gasteiger partial charge in [0.25, 0.3) is 5.91 Å². The standard InChI is InChI=1S/C20H22N2O4/c1-25-17-12-16(13-18(14-17)26-2)20(24)22-11-10-21-19(23)9-8-15-6-4-3-5-7-15/h3-9,12-14H,10-11H2,1-2H3,(H,21,23)(H,22,24)/b9-8+. The predicted octanol–water partition coefficient (Wildman–Crippen LogP) is 2.26. The van der Waals surface area contributed by atoms with E-state index in [2.05, 4.69) is 10.6 Å². The molecule has 0 spiro atoms. The maximum Gasteiger partial charge on any atom is 0.251 e. The first-order valence-corrected chi connectivity index (χ1v) is 8.14. The minimum Gasteiger partial charge on any atom is -0.497 e. The van der Waals surface area contributed by atoms with Crippen molar-refractivity contribution in [2.75, 3.05) is 27.3 Å². The van der Waals surface area contributed by atoms with Gasteiger partial charge >= 0.3 is 0 Å². The molecule has 0 unspecified atom stereocenters. The van der Waals surface area contributed by atoms with Gasteiger partial charge in [0.05, 0.1) is 14.2 Å². The highest BCUT2D eigenvalue weighted by Gasteiger charge is 2.09. The lowest BCUT2D eigenvalue weighted by Crippen LogP contribution is -2.34. The number of nitrogens with one attached hydrogen (secondary N) is 2. The summed E-state index contributed by atoms with van der Waals surface area (Å²) in [5, 5.41) is 5.46. The molecule has 2 amide bonds. The lowest BCUT2D eigenvalue weighted by molar-refractivity contribution is -0.116. The monoisotopic (exact) mass is 354 g/mol. The zero-order valence-corrected chi connectivity index (χ0v) is 14.8. The Kier molecular flexibility index (Phi) is 7.24. The molecule has 0 saturated carbocycles. The molecule has 0 aromatic heterocycles. The molecule has 0 aliphatic heterocycles. The van der Waals surface area contributed by atoms with Crippen LogP contribution in [-0.2, 0) is 4.79 Å². The van der Waals surface area contributed by atoms with Gasteiger partial charge in [0.15, 0.2) is 0 Å². The van der Waals surface area contributed by atoms with Crippen LogP contribution in [-0.4, -0.2) is 39.1 Å². The molecule has 0 saturated heterocycles. The highest BCUT2D eigenvalue weighted by atomic mass is 16.5. The molecule has 26 heavy (non-hydrogen) atoms. The van der Waals surface area contributed by atoms with Crippen molar-refractivity contribution in [2.24, 2.45) is 0 Å². The molecule has 0 atom stereocenters. The topological polar surface area (TPSA) is 76.7 Å². The molecule has 2 N–H and O–H groups in total. The van der Waals surface area contributed by atoms with E-state index < -0.39 is 0 Å². The molecule has 2 aromatic carbocycles. The molecule has 0 fully saturated rings. The van der Waals surface area contributed by atoms with Crippen molar-refractivity contribution in [1.82, 2.24) is 10.6 Å². The average molecular weight is 354 g/mol. The van der Waals surface area contributed by atoms with Gasteiger partial charge in [-0.05, 0) is 23.8 Å². The summed E-state index contributed by atoms with van der Waals surface area (Å²) in [4.78, 5) is 23.9. The molecule has 2 aromatic rings. The fourth-order valence-corrected chi connectivity index (χ4v) is 2.20. The summed E-state index contributed by atoms with van der Waals surface area (Å²) in [5.41, 5.74) is 1.37. The van der Waals surface area contributed by atoms with Crippen LogP contribution in [0.3, 0.4) is 0 Å². The highest BCUT2D eigenvalue weighted by molar-refractivity contribution is 5.95. The summed E-state index contributed by atoms with van der Waals surface area (Å²) < 4.78 is 10.3. The second-order valence-electron chi connectivity index (χ2n) is 5.39. The van der Waals surface area contributed by atoms with Gasteiger partial charge < -0.3 is 20.1 Å². The largest absolute Gasteiger partial charge is 0.497 e. The van der Waals surface area contributed by atoms with Crippen molar-refractivity contribution in [1.29, 1.82) is 0 Å². The number of methoxy groups -OCH3 is 2. The van der Waals surface area contributed by atoms with Crippen molar-refractivity contribution in [2.45, 2.75) is 0 Å². The van der Waals surface area contributed by atoms with E-state index in [9.17, 15) is 9.59 Å². The van der Waals surface area contributed by atoms with E-state index in [0.29, 0.717) is 30.2 Å². The van der Waals surface area contributed by atoms with Crippen LogP contribution >= 0.6 is 0 Å². The van der Waals surface area contributed by atoms with Crippen LogP contribution in [0.25, 0.3) is 6.08 Å². The molecule has 6 heteroatoms. The average Bonchev–Trinajstić information content (AvgIpc) is 2.69. The fourth-order valence-electron chi connectivity index (χ4n) is 2.20. The number of amides is 2. The zero-order chi connectivity index (χ0) is 18.8. The van der Waals surface area contributed by atoms with Gasteiger partial charge in [-0.1, -0.05) is 30.3 Å². The minimum atomic E-state index is -0.267. The second-order valence-corrected chi connectivity index (χ2v) is 5.39. The SMILES string of the molecule is COc1cc(OC)cc(C(=O)NCCNC(=O)/C=C/c2ccccc2)c1. The Morgan fingerprint density at radius 3 is 2.15 bits per heavy atom. The summed E-state index contributed by atoms with van der Waals surface area (Å²) in [6, 6.07) is 14.5. The van der Waals surface area contributed by atoms with Crippen LogP contribution in [0.4, 0.5) is 0 Å². The number of benzene rings is 2. The first-order chi connectivity index (χ1) is 12.6. The Balaban J connectivity index is 1.78. The molecule has 0 radical (unpaired) electrons. The number of ether oxygens (including phenoxy) is 2. The van der Waals surface area contributed by atoms with Gasteiger partial charge in [0, 0.05) is 30.8 Å². The summed E-state index contributed by atoms with van der Waals surface area (Å²) >= 11 is 0. The number of hydrogen-bond donors (Lipinski definition) is 2. The Labute approximate surface area is 152 Å². The van der Waals surface area contributed by atoms with Crippen LogP contribution in [0, 0.1) is 0 Å². The van der Waals surface area contributed by atoms with Crippen LogP contribution in [0.2, 0.25) is 0 Å². The zero-order valence-electron chi connectivity index (χ0n) is 14.8. The van der Waals surface area contributed by atoms with Crippen molar-refractivity contribution in [3.05, 3.63) is 65.7 Å². The van der Waals surface area contributed by atoms with E-state index >= 15 is 0 Å². The second kappa shape index (κ2) is 9.88. The van der Waals surface area contributed by atoms with Gasteiger partial charge in [-0.15, -0.1) is 0 Å². The van der Waals surface area contributed by atoms with Crippen molar-refractivity contribution >= 4 is 17.9 Å². The van der Waals surface area contributed by atoms with Gasteiger partial charge in [-0.25, -0.2) is 0 Å². The van der Waals surface area contributed by atoms with Crippen LogP contribution in [0.5, 0.6) is 11.5 Å². The van der Waals surface area contributed by atoms with E-state index in [1.54, 1.807) is 24.3 Å². The first kappa shape index (κ1) is 19.1. The quantitative estimate of drug-likeness (QED) is 0.563. The first-order valence-electron chi connectivity index (χ1n) is 8.14. The summed E-state index contributed by atoms with van der Waals surface area (Å²) in [5.74, 6) is 0.588. The smallest absolute Gasteiger partial charge is 0.251 e. The molecular weight excluding hydrogens is 332 g/mol. The third-order valence-electron chi connectivity index (χ3n) is 3.55. The Morgan fingerprint density at radius 2 is 1.54 bits per heavy atom. The molecule has 136 valence electrons. The highest BCUT2D eigenvalue weighted by Crippen LogP contribution is 2.22. The van der Waals surface area contributed by atoms with Gasteiger partial charge in [0.1, 0.15) is 11.5 Å². The number of rotatable bonds is 8. The summed E-state index contributed by atoms with van der Waals surface area (Å²) in [6.45, 7) is 0.633. The van der Waals surface area contributed by atoms with Crippen LogP contribution < -0.4 is 20.1 Å². The normalized spacial score (nSPS) is 10.4. The van der Waals surface area contributed by atoms with Crippen molar-refractivity contribution < 1.29 is 19.1 Å². The molecule has 6 nitrogen and oxygen atoms in total. The lowest BCUT2D eigenvalue weighted by Gasteiger charge is -2.09. The number of hydrogen-bond acceptors (Lipinski definition) is 4.